The lowest BCUT2D eigenvalue weighted by molar-refractivity contribution is -0.117. The molecule has 1 amide bonds. The van der Waals surface area contributed by atoms with Crippen molar-refractivity contribution in [2.45, 2.75) is 38.1 Å². The fourth-order valence-electron chi connectivity index (χ4n) is 3.02. The van der Waals surface area contributed by atoms with Gasteiger partial charge in [-0.05, 0) is 50.1 Å². The molecule has 1 unspecified atom stereocenters. The molecule has 0 aliphatic carbocycles. The zero-order valence-electron chi connectivity index (χ0n) is 11.9. The van der Waals surface area contributed by atoms with Crippen LogP contribution in [0.3, 0.4) is 0 Å². The normalized spacial score (nSPS) is 23.1. The second-order valence-electron chi connectivity index (χ2n) is 5.72. The van der Waals surface area contributed by atoms with Gasteiger partial charge in [-0.2, -0.15) is 0 Å². The minimum Gasteiger partial charge on any atom is -0.383 e. The molecule has 2 saturated heterocycles. The maximum Gasteiger partial charge on any atom is 0.227 e. The molecule has 3 rings (SSSR count). The highest BCUT2D eigenvalue weighted by molar-refractivity contribution is 5.95. The minimum atomic E-state index is 0.247. The largest absolute Gasteiger partial charge is 0.383 e. The van der Waals surface area contributed by atoms with E-state index in [1.165, 1.54) is 19.3 Å². The topological polar surface area (TPSA) is 44.4 Å². The zero-order chi connectivity index (χ0) is 13.8. The molecule has 108 valence electrons. The Morgan fingerprint density at radius 2 is 2.05 bits per heavy atom. The third-order valence-corrected chi connectivity index (χ3v) is 4.22. The predicted octanol–water partition coefficient (Wildman–Crippen LogP) is 2.37. The summed E-state index contributed by atoms with van der Waals surface area (Å²) in [5, 5.41) is 7.01. The molecule has 1 atom stereocenters. The molecule has 2 heterocycles. The van der Waals surface area contributed by atoms with Crippen LogP contribution >= 0.6 is 0 Å². The molecular weight excluding hydrogens is 250 g/mol. The van der Waals surface area contributed by atoms with E-state index in [0.29, 0.717) is 12.5 Å². The lowest BCUT2D eigenvalue weighted by Gasteiger charge is -2.24. The Morgan fingerprint density at radius 3 is 2.70 bits per heavy atom. The van der Waals surface area contributed by atoms with Gasteiger partial charge in [-0.25, -0.2) is 0 Å². The van der Waals surface area contributed by atoms with Crippen LogP contribution in [0.15, 0.2) is 24.3 Å². The van der Waals surface area contributed by atoms with E-state index in [1.54, 1.807) is 0 Å². The average molecular weight is 273 g/mol. The maximum atomic E-state index is 11.7. The van der Waals surface area contributed by atoms with Crippen LogP contribution in [0.1, 0.15) is 32.1 Å². The van der Waals surface area contributed by atoms with Crippen molar-refractivity contribution < 1.29 is 4.79 Å². The predicted molar refractivity (Wildman–Crippen MR) is 82.2 cm³/mol. The summed E-state index contributed by atoms with van der Waals surface area (Å²) >= 11 is 0. The van der Waals surface area contributed by atoms with Gasteiger partial charge in [0, 0.05) is 36.9 Å². The van der Waals surface area contributed by atoms with Crippen molar-refractivity contribution in [2.24, 2.45) is 0 Å². The van der Waals surface area contributed by atoms with Crippen LogP contribution in [0.5, 0.6) is 0 Å². The summed E-state index contributed by atoms with van der Waals surface area (Å²) in [5.74, 6) is 0.247. The summed E-state index contributed by atoms with van der Waals surface area (Å²) in [6.45, 7) is 2.97. The highest BCUT2D eigenvalue weighted by Crippen LogP contribution is 2.23. The first-order chi connectivity index (χ1) is 9.83. The van der Waals surface area contributed by atoms with Crippen molar-refractivity contribution in [3.05, 3.63) is 24.3 Å². The third-order valence-electron chi connectivity index (χ3n) is 4.22. The van der Waals surface area contributed by atoms with Gasteiger partial charge in [0.25, 0.3) is 0 Å². The van der Waals surface area contributed by atoms with Crippen LogP contribution in [0.2, 0.25) is 0 Å². The number of hydrogen-bond donors (Lipinski definition) is 2. The van der Waals surface area contributed by atoms with Gasteiger partial charge < -0.3 is 15.5 Å². The molecule has 0 bridgehead atoms. The summed E-state index contributed by atoms with van der Waals surface area (Å²) < 4.78 is 0. The van der Waals surface area contributed by atoms with Crippen LogP contribution in [0, 0.1) is 0 Å². The molecule has 0 saturated carbocycles. The van der Waals surface area contributed by atoms with E-state index in [1.807, 2.05) is 17.0 Å². The van der Waals surface area contributed by atoms with Crippen LogP contribution < -0.4 is 15.5 Å². The van der Waals surface area contributed by atoms with Gasteiger partial charge >= 0.3 is 0 Å². The van der Waals surface area contributed by atoms with E-state index in [9.17, 15) is 4.79 Å². The Hall–Kier alpha value is -1.55. The molecule has 4 heteroatoms. The summed E-state index contributed by atoms with van der Waals surface area (Å²) in [6, 6.07) is 8.82. The van der Waals surface area contributed by atoms with E-state index < -0.39 is 0 Å². The first kappa shape index (κ1) is 13.4. The Morgan fingerprint density at radius 1 is 1.20 bits per heavy atom. The number of amides is 1. The second-order valence-corrected chi connectivity index (χ2v) is 5.72. The molecule has 0 radical (unpaired) electrons. The first-order valence-electron chi connectivity index (χ1n) is 7.70. The number of piperidine rings is 1. The highest BCUT2D eigenvalue weighted by Gasteiger charge is 2.21. The Kier molecular flexibility index (Phi) is 4.21. The third kappa shape index (κ3) is 3.12. The number of nitrogens with one attached hydrogen (secondary N) is 2. The van der Waals surface area contributed by atoms with Gasteiger partial charge in [0.05, 0.1) is 0 Å². The minimum absolute atomic E-state index is 0.247. The summed E-state index contributed by atoms with van der Waals surface area (Å²) in [7, 11) is 0. The molecule has 4 nitrogen and oxygen atoms in total. The summed E-state index contributed by atoms with van der Waals surface area (Å²) in [5.41, 5.74) is 2.15. The van der Waals surface area contributed by atoms with Crippen molar-refractivity contribution >= 4 is 17.3 Å². The summed E-state index contributed by atoms with van der Waals surface area (Å²) in [6.07, 6.45) is 5.55. The number of hydrogen-bond acceptors (Lipinski definition) is 3. The average Bonchev–Trinajstić information content (AvgIpc) is 2.93. The lowest BCUT2D eigenvalue weighted by atomic mass is 10.1. The Balaban J connectivity index is 1.54. The van der Waals surface area contributed by atoms with Crippen LogP contribution in [0.25, 0.3) is 0 Å². The highest BCUT2D eigenvalue weighted by atomic mass is 16.2. The molecular formula is C16H23N3O. The standard InChI is InChI=1S/C16H23N3O/c20-16-5-3-11-19(16)15-8-6-13(7-9-15)18-12-14-4-1-2-10-17-14/h6-9,14,17-18H,1-5,10-12H2. The molecule has 2 fully saturated rings. The van der Waals surface area contributed by atoms with E-state index in [0.717, 1.165) is 37.4 Å². The quantitative estimate of drug-likeness (QED) is 0.885. The van der Waals surface area contributed by atoms with Gasteiger partial charge in [0.15, 0.2) is 0 Å². The van der Waals surface area contributed by atoms with Crippen molar-refractivity contribution in [2.75, 3.05) is 29.9 Å². The molecule has 2 aliphatic heterocycles. The van der Waals surface area contributed by atoms with Crippen LogP contribution in [-0.2, 0) is 4.79 Å². The van der Waals surface area contributed by atoms with Gasteiger partial charge in [0.1, 0.15) is 0 Å². The number of rotatable bonds is 4. The van der Waals surface area contributed by atoms with Crippen molar-refractivity contribution in [3.8, 4) is 0 Å². The fraction of sp³-hybridized carbons (Fsp3) is 0.562. The molecule has 0 spiro atoms. The zero-order valence-corrected chi connectivity index (χ0v) is 11.9. The lowest BCUT2D eigenvalue weighted by Crippen LogP contribution is -2.39. The number of carbonyl (C=O) groups is 1. The number of carbonyl (C=O) groups excluding carboxylic acids is 1. The van der Waals surface area contributed by atoms with Gasteiger partial charge in [-0.1, -0.05) is 6.42 Å². The van der Waals surface area contributed by atoms with E-state index >= 15 is 0 Å². The number of nitrogens with zero attached hydrogens (tertiary/aromatic N) is 1. The fourth-order valence-corrected chi connectivity index (χ4v) is 3.02. The van der Waals surface area contributed by atoms with Crippen molar-refractivity contribution in [3.63, 3.8) is 0 Å². The molecule has 0 aromatic heterocycles. The van der Waals surface area contributed by atoms with Crippen LogP contribution in [0.4, 0.5) is 11.4 Å². The molecule has 20 heavy (non-hydrogen) atoms. The number of anilines is 2. The summed E-state index contributed by atoms with van der Waals surface area (Å²) in [4.78, 5) is 13.6. The monoisotopic (exact) mass is 273 g/mol. The van der Waals surface area contributed by atoms with E-state index in [2.05, 4.69) is 22.8 Å². The second kappa shape index (κ2) is 6.27. The first-order valence-corrected chi connectivity index (χ1v) is 7.70. The van der Waals surface area contributed by atoms with Crippen molar-refractivity contribution in [1.82, 2.24) is 5.32 Å². The Bertz CT molecular complexity index is 451. The molecule has 2 N–H and O–H groups in total. The van der Waals surface area contributed by atoms with Gasteiger partial charge in [-0.3, -0.25) is 4.79 Å². The van der Waals surface area contributed by atoms with E-state index in [4.69, 9.17) is 0 Å². The molecule has 1 aromatic carbocycles. The molecule has 1 aromatic rings. The van der Waals surface area contributed by atoms with Gasteiger partial charge in [-0.15, -0.1) is 0 Å². The van der Waals surface area contributed by atoms with Crippen LogP contribution in [-0.4, -0.2) is 31.6 Å². The number of benzene rings is 1. The molecule has 2 aliphatic rings. The Labute approximate surface area is 120 Å². The SMILES string of the molecule is O=C1CCCN1c1ccc(NCC2CCCCN2)cc1. The van der Waals surface area contributed by atoms with Gasteiger partial charge in [0.2, 0.25) is 5.91 Å². The maximum absolute atomic E-state index is 11.7. The van der Waals surface area contributed by atoms with E-state index in [-0.39, 0.29) is 5.91 Å². The smallest absolute Gasteiger partial charge is 0.227 e. The van der Waals surface area contributed by atoms with Crippen molar-refractivity contribution in [1.29, 1.82) is 0 Å².